The fourth-order valence-corrected chi connectivity index (χ4v) is 4.22. The van der Waals surface area contributed by atoms with Crippen LogP contribution in [0, 0.1) is 0 Å². The summed E-state index contributed by atoms with van der Waals surface area (Å²) in [4.78, 5) is 42.3. The van der Waals surface area contributed by atoms with E-state index >= 15 is 0 Å². The predicted molar refractivity (Wildman–Crippen MR) is 141 cm³/mol. The monoisotopic (exact) mass is 491 g/mol. The van der Waals surface area contributed by atoms with E-state index in [0.717, 1.165) is 22.4 Å². The zero-order valence-electron chi connectivity index (χ0n) is 20.1. The number of piperidine rings is 1. The lowest BCUT2D eigenvalue weighted by molar-refractivity contribution is -0.129. The average Bonchev–Trinajstić information content (AvgIpc) is 3.32. The molecule has 2 aromatic carbocycles. The normalized spacial score (nSPS) is 13.8. The van der Waals surface area contributed by atoms with Gasteiger partial charge in [0.15, 0.2) is 0 Å². The molecule has 0 unspecified atom stereocenters. The molecule has 0 radical (unpaired) electrons. The van der Waals surface area contributed by atoms with E-state index in [9.17, 15) is 14.4 Å². The molecule has 1 aliphatic heterocycles. The molecular formula is C29H25N5O3. The van der Waals surface area contributed by atoms with Gasteiger partial charge < -0.3 is 5.32 Å². The summed E-state index contributed by atoms with van der Waals surface area (Å²) in [6.07, 6.45) is 9.83. The maximum atomic E-state index is 12.7. The lowest BCUT2D eigenvalue weighted by Crippen LogP contribution is -2.40. The maximum absolute atomic E-state index is 12.7. The van der Waals surface area contributed by atoms with E-state index in [0.29, 0.717) is 37.2 Å². The fourth-order valence-electron chi connectivity index (χ4n) is 4.22. The number of anilines is 2. The minimum atomic E-state index is -0.314. The van der Waals surface area contributed by atoms with Gasteiger partial charge in [-0.2, -0.15) is 5.10 Å². The number of carbonyl (C=O) groups is 3. The Morgan fingerprint density at radius 3 is 2.41 bits per heavy atom. The summed E-state index contributed by atoms with van der Waals surface area (Å²) in [6.45, 7) is 0.600. The minimum Gasteiger partial charge on any atom is -0.323 e. The Balaban J connectivity index is 1.31. The molecule has 3 amide bonds. The van der Waals surface area contributed by atoms with E-state index in [2.05, 4.69) is 10.3 Å². The van der Waals surface area contributed by atoms with Crippen LogP contribution in [-0.4, -0.2) is 32.5 Å². The Morgan fingerprint density at radius 2 is 1.70 bits per heavy atom. The summed E-state index contributed by atoms with van der Waals surface area (Å²) < 4.78 is 1.84. The summed E-state index contributed by atoms with van der Waals surface area (Å²) in [5.74, 6) is -0.716. The Bertz CT molecular complexity index is 1430. The molecule has 1 fully saturated rings. The predicted octanol–water partition coefficient (Wildman–Crippen LogP) is 4.69. The highest BCUT2D eigenvalue weighted by Crippen LogP contribution is 2.25. The number of nitrogens with zero attached hydrogens (tertiary/aromatic N) is 4. The van der Waals surface area contributed by atoms with Crippen molar-refractivity contribution in [3.8, 4) is 11.3 Å². The van der Waals surface area contributed by atoms with Crippen LogP contribution in [0.4, 0.5) is 11.4 Å². The van der Waals surface area contributed by atoms with Gasteiger partial charge in [0.05, 0.1) is 12.2 Å². The molecule has 5 rings (SSSR count). The Labute approximate surface area is 214 Å². The quantitative estimate of drug-likeness (QED) is 0.299. The number of carbonyl (C=O) groups excluding carboxylic acids is 3. The third-order valence-corrected chi connectivity index (χ3v) is 6.00. The Hall–Kier alpha value is -4.85. The molecule has 0 spiro atoms. The molecule has 0 saturated carbocycles. The summed E-state index contributed by atoms with van der Waals surface area (Å²) >= 11 is 0. The van der Waals surface area contributed by atoms with Gasteiger partial charge >= 0.3 is 0 Å². The number of amides is 3. The number of rotatable bonds is 7. The van der Waals surface area contributed by atoms with Crippen LogP contribution in [0.3, 0.4) is 0 Å². The number of pyridine rings is 1. The van der Waals surface area contributed by atoms with Crippen molar-refractivity contribution in [1.29, 1.82) is 0 Å². The van der Waals surface area contributed by atoms with Crippen molar-refractivity contribution >= 4 is 35.2 Å². The van der Waals surface area contributed by atoms with Crippen LogP contribution in [-0.2, 0) is 20.9 Å². The molecule has 0 aliphatic carbocycles. The second-order valence-electron chi connectivity index (χ2n) is 8.70. The van der Waals surface area contributed by atoms with Crippen molar-refractivity contribution in [2.45, 2.75) is 25.8 Å². The number of aromatic nitrogens is 3. The largest absolute Gasteiger partial charge is 0.323 e. The SMILES string of the molecule is O=C(/C=C/c1cn(Cc2ccccc2)nc1-c1cccnc1)Nc1ccc(N2C(=O)CCCC2=O)cc1. The smallest absolute Gasteiger partial charge is 0.248 e. The van der Waals surface area contributed by atoms with Crippen LogP contribution in [0.15, 0.2) is 91.4 Å². The van der Waals surface area contributed by atoms with E-state index in [-0.39, 0.29) is 17.7 Å². The van der Waals surface area contributed by atoms with Crippen molar-refractivity contribution in [2.75, 3.05) is 10.2 Å². The number of nitrogens with one attached hydrogen (secondary N) is 1. The lowest BCUT2D eigenvalue weighted by atomic mass is 10.1. The second-order valence-corrected chi connectivity index (χ2v) is 8.70. The Morgan fingerprint density at radius 1 is 0.946 bits per heavy atom. The number of imide groups is 1. The summed E-state index contributed by atoms with van der Waals surface area (Å²) in [5.41, 5.74) is 4.56. The van der Waals surface area contributed by atoms with Crippen LogP contribution in [0.1, 0.15) is 30.4 Å². The fraction of sp³-hybridized carbons (Fsp3) is 0.138. The summed E-state index contributed by atoms with van der Waals surface area (Å²) in [5, 5.41) is 7.55. The molecule has 4 aromatic rings. The molecule has 184 valence electrons. The molecular weight excluding hydrogens is 466 g/mol. The van der Waals surface area contributed by atoms with Gasteiger partial charge in [0.1, 0.15) is 5.69 Å². The molecule has 8 nitrogen and oxygen atoms in total. The molecule has 1 N–H and O–H groups in total. The number of hydrogen-bond acceptors (Lipinski definition) is 5. The first kappa shape index (κ1) is 23.9. The van der Waals surface area contributed by atoms with Crippen LogP contribution in [0.2, 0.25) is 0 Å². The van der Waals surface area contributed by atoms with Gasteiger partial charge in [-0.1, -0.05) is 30.3 Å². The molecule has 3 heterocycles. The molecule has 37 heavy (non-hydrogen) atoms. The average molecular weight is 492 g/mol. The van der Waals surface area contributed by atoms with E-state index in [1.807, 2.05) is 53.3 Å². The summed E-state index contributed by atoms with van der Waals surface area (Å²) in [7, 11) is 0. The van der Waals surface area contributed by atoms with Gasteiger partial charge in [0, 0.05) is 54.3 Å². The van der Waals surface area contributed by atoms with Crippen molar-refractivity contribution in [2.24, 2.45) is 0 Å². The van der Waals surface area contributed by atoms with Gasteiger partial charge in [-0.3, -0.25) is 28.9 Å². The van der Waals surface area contributed by atoms with E-state index in [1.54, 1.807) is 42.7 Å². The van der Waals surface area contributed by atoms with E-state index < -0.39 is 0 Å². The second kappa shape index (κ2) is 10.8. The maximum Gasteiger partial charge on any atom is 0.248 e. The van der Waals surface area contributed by atoms with Crippen LogP contribution in [0.5, 0.6) is 0 Å². The topological polar surface area (TPSA) is 97.2 Å². The van der Waals surface area contributed by atoms with Crippen molar-refractivity contribution in [3.05, 3.63) is 103 Å². The first-order valence-electron chi connectivity index (χ1n) is 12.0. The van der Waals surface area contributed by atoms with Crippen molar-refractivity contribution in [1.82, 2.24) is 14.8 Å². The first-order chi connectivity index (χ1) is 18.1. The third-order valence-electron chi connectivity index (χ3n) is 6.00. The number of hydrogen-bond donors (Lipinski definition) is 1. The minimum absolute atomic E-state index is 0.201. The van der Waals surface area contributed by atoms with Crippen LogP contribution in [0.25, 0.3) is 17.3 Å². The van der Waals surface area contributed by atoms with Crippen molar-refractivity contribution < 1.29 is 14.4 Å². The molecule has 1 saturated heterocycles. The lowest BCUT2D eigenvalue weighted by Gasteiger charge is -2.24. The molecule has 1 aliphatic rings. The van der Waals surface area contributed by atoms with E-state index in [1.165, 1.54) is 11.0 Å². The van der Waals surface area contributed by atoms with Gasteiger partial charge in [0.2, 0.25) is 17.7 Å². The molecule has 2 aromatic heterocycles. The zero-order chi connectivity index (χ0) is 25.6. The standard InChI is InChI=1S/C29H25N5O3/c35-26(31-24-12-14-25(15-13-24)34-27(36)9-4-10-28(34)37)16-11-23-20-33(19-21-6-2-1-3-7-21)32-29(23)22-8-5-17-30-18-22/h1-3,5-8,11-18,20H,4,9-10,19H2,(H,31,35)/b16-11+. The highest BCUT2D eigenvalue weighted by Gasteiger charge is 2.27. The van der Waals surface area contributed by atoms with Crippen molar-refractivity contribution in [3.63, 3.8) is 0 Å². The first-order valence-corrected chi connectivity index (χ1v) is 12.0. The molecule has 0 bridgehead atoms. The zero-order valence-corrected chi connectivity index (χ0v) is 20.1. The van der Waals surface area contributed by atoms with Gasteiger partial charge in [-0.05, 0) is 54.5 Å². The van der Waals surface area contributed by atoms with E-state index in [4.69, 9.17) is 5.10 Å². The molecule has 8 heteroatoms. The summed E-state index contributed by atoms with van der Waals surface area (Å²) in [6, 6.07) is 20.5. The highest BCUT2D eigenvalue weighted by atomic mass is 16.2. The highest BCUT2D eigenvalue weighted by molar-refractivity contribution is 6.16. The van der Waals surface area contributed by atoms with Crippen LogP contribution >= 0.6 is 0 Å². The van der Waals surface area contributed by atoms with Gasteiger partial charge in [-0.15, -0.1) is 0 Å². The number of benzene rings is 2. The van der Waals surface area contributed by atoms with Crippen LogP contribution < -0.4 is 10.2 Å². The van der Waals surface area contributed by atoms with Gasteiger partial charge in [-0.25, -0.2) is 0 Å². The molecule has 0 atom stereocenters. The van der Waals surface area contributed by atoms with Gasteiger partial charge in [0.25, 0.3) is 0 Å². The Kier molecular flexibility index (Phi) is 6.98. The third kappa shape index (κ3) is 5.70.